The smallest absolute Gasteiger partial charge is 0.161 e. The second-order valence-electron chi connectivity index (χ2n) is 3.18. The van der Waals surface area contributed by atoms with E-state index in [1.165, 1.54) is 0 Å². The molecule has 0 saturated heterocycles. The summed E-state index contributed by atoms with van der Waals surface area (Å²) in [5.41, 5.74) is 7.47. The van der Waals surface area contributed by atoms with Gasteiger partial charge in [0, 0.05) is 25.1 Å². The molecule has 0 aliphatic heterocycles. The van der Waals surface area contributed by atoms with Gasteiger partial charge in [0.05, 0.1) is 5.69 Å². The molecular weight excluding hydrogens is 180 g/mol. The predicted octanol–water partition coefficient (Wildman–Crippen LogP) is 0.0298. The Morgan fingerprint density at radius 2 is 2.43 bits per heavy atom. The van der Waals surface area contributed by atoms with Crippen molar-refractivity contribution in [1.29, 1.82) is 0 Å². The number of imidazole rings is 1. The molecule has 74 valence electrons. The first-order valence-electron chi connectivity index (χ1n) is 4.40. The van der Waals surface area contributed by atoms with Crippen LogP contribution in [0.2, 0.25) is 0 Å². The van der Waals surface area contributed by atoms with Gasteiger partial charge in [-0.2, -0.15) is 0 Å². The molecule has 14 heavy (non-hydrogen) atoms. The number of fused-ring (bicyclic) bond motifs is 1. The SMILES string of the molecule is Cc1cn2ccnc(C(O)CN)c2n1. The average Bonchev–Trinajstić information content (AvgIpc) is 2.56. The van der Waals surface area contributed by atoms with Crippen LogP contribution in [0.1, 0.15) is 17.5 Å². The molecule has 5 nitrogen and oxygen atoms in total. The fourth-order valence-electron chi connectivity index (χ4n) is 1.41. The van der Waals surface area contributed by atoms with Gasteiger partial charge in [0.25, 0.3) is 0 Å². The van der Waals surface area contributed by atoms with Crippen molar-refractivity contribution >= 4 is 5.65 Å². The van der Waals surface area contributed by atoms with Crippen molar-refractivity contribution in [2.45, 2.75) is 13.0 Å². The molecule has 3 N–H and O–H groups in total. The number of aliphatic hydroxyl groups excluding tert-OH is 1. The van der Waals surface area contributed by atoms with Gasteiger partial charge in [0.1, 0.15) is 11.8 Å². The Bertz CT molecular complexity index is 451. The number of nitrogens with two attached hydrogens (primary N) is 1. The molecule has 0 radical (unpaired) electrons. The number of hydrogen-bond acceptors (Lipinski definition) is 4. The molecule has 0 bridgehead atoms. The Kier molecular flexibility index (Phi) is 2.18. The van der Waals surface area contributed by atoms with Crippen LogP contribution in [0.5, 0.6) is 0 Å². The maximum atomic E-state index is 9.60. The summed E-state index contributed by atoms with van der Waals surface area (Å²) in [6.45, 7) is 2.05. The Balaban J connectivity index is 2.64. The summed E-state index contributed by atoms with van der Waals surface area (Å²) in [6.07, 6.45) is 4.55. The van der Waals surface area contributed by atoms with Crippen LogP contribution in [0.25, 0.3) is 5.65 Å². The lowest BCUT2D eigenvalue weighted by molar-refractivity contribution is 0.183. The van der Waals surface area contributed by atoms with Crippen LogP contribution in [0.4, 0.5) is 0 Å². The molecule has 0 spiro atoms. The molecule has 0 amide bonds. The zero-order valence-corrected chi connectivity index (χ0v) is 7.88. The maximum Gasteiger partial charge on any atom is 0.161 e. The number of aryl methyl sites for hydroxylation is 1. The second kappa shape index (κ2) is 3.36. The third kappa shape index (κ3) is 1.36. The van der Waals surface area contributed by atoms with Crippen LogP contribution < -0.4 is 5.73 Å². The normalized spacial score (nSPS) is 13.4. The van der Waals surface area contributed by atoms with Gasteiger partial charge < -0.3 is 15.2 Å². The first kappa shape index (κ1) is 9.11. The third-order valence-corrected chi connectivity index (χ3v) is 2.06. The van der Waals surface area contributed by atoms with Crippen molar-refractivity contribution in [3.8, 4) is 0 Å². The number of aromatic nitrogens is 3. The third-order valence-electron chi connectivity index (χ3n) is 2.06. The first-order chi connectivity index (χ1) is 6.72. The minimum absolute atomic E-state index is 0.151. The highest BCUT2D eigenvalue weighted by Gasteiger charge is 2.12. The summed E-state index contributed by atoms with van der Waals surface area (Å²) >= 11 is 0. The molecule has 0 aromatic carbocycles. The summed E-state index contributed by atoms with van der Waals surface area (Å²) in [5.74, 6) is 0. The Morgan fingerprint density at radius 1 is 1.64 bits per heavy atom. The van der Waals surface area contributed by atoms with E-state index in [1.54, 1.807) is 12.4 Å². The van der Waals surface area contributed by atoms with Gasteiger partial charge >= 0.3 is 0 Å². The molecule has 1 atom stereocenters. The monoisotopic (exact) mass is 192 g/mol. The summed E-state index contributed by atoms with van der Waals surface area (Å²) in [7, 11) is 0. The van der Waals surface area contributed by atoms with Crippen LogP contribution in [0.3, 0.4) is 0 Å². The van der Waals surface area contributed by atoms with E-state index in [2.05, 4.69) is 9.97 Å². The number of nitrogens with zero attached hydrogens (tertiary/aromatic N) is 3. The standard InChI is InChI=1S/C9H12N4O/c1-6-5-13-3-2-11-8(7(14)4-10)9(13)12-6/h2-3,5,7,14H,4,10H2,1H3. The van der Waals surface area contributed by atoms with Crippen LogP contribution in [-0.2, 0) is 0 Å². The number of rotatable bonds is 2. The van der Waals surface area contributed by atoms with Crippen LogP contribution >= 0.6 is 0 Å². The molecule has 5 heteroatoms. The van der Waals surface area contributed by atoms with Crippen molar-refractivity contribution in [1.82, 2.24) is 14.4 Å². The summed E-state index contributed by atoms with van der Waals surface area (Å²) in [5, 5.41) is 9.60. The lowest BCUT2D eigenvalue weighted by Crippen LogP contribution is -2.14. The molecule has 2 aromatic heterocycles. The zero-order chi connectivity index (χ0) is 10.1. The second-order valence-corrected chi connectivity index (χ2v) is 3.18. The number of aliphatic hydroxyl groups is 1. The highest BCUT2D eigenvalue weighted by atomic mass is 16.3. The minimum atomic E-state index is -0.750. The van der Waals surface area contributed by atoms with Crippen molar-refractivity contribution in [2.75, 3.05) is 6.54 Å². The lowest BCUT2D eigenvalue weighted by atomic mass is 10.2. The van der Waals surface area contributed by atoms with Gasteiger partial charge in [0.15, 0.2) is 5.65 Å². The van der Waals surface area contributed by atoms with Crippen molar-refractivity contribution in [3.63, 3.8) is 0 Å². The fourth-order valence-corrected chi connectivity index (χ4v) is 1.41. The Hall–Kier alpha value is -1.46. The van der Waals surface area contributed by atoms with Gasteiger partial charge in [-0.05, 0) is 6.92 Å². The molecule has 0 saturated carbocycles. The van der Waals surface area contributed by atoms with Gasteiger partial charge in [0.2, 0.25) is 0 Å². The highest BCUT2D eigenvalue weighted by molar-refractivity contribution is 5.46. The topological polar surface area (TPSA) is 76.4 Å². The van der Waals surface area contributed by atoms with Gasteiger partial charge in [-0.25, -0.2) is 4.98 Å². The lowest BCUT2D eigenvalue weighted by Gasteiger charge is -2.07. The first-order valence-corrected chi connectivity index (χ1v) is 4.40. The van der Waals surface area contributed by atoms with Crippen molar-refractivity contribution in [2.24, 2.45) is 5.73 Å². The maximum absolute atomic E-state index is 9.60. The van der Waals surface area contributed by atoms with E-state index in [9.17, 15) is 5.11 Å². The predicted molar refractivity (Wildman–Crippen MR) is 51.7 cm³/mol. The van der Waals surface area contributed by atoms with E-state index in [0.29, 0.717) is 11.3 Å². The Labute approximate surface area is 81.2 Å². The van der Waals surface area contributed by atoms with Gasteiger partial charge in [-0.3, -0.25) is 4.98 Å². The minimum Gasteiger partial charge on any atom is -0.385 e. The molecule has 0 fully saturated rings. The molecule has 2 aromatic rings. The van der Waals surface area contributed by atoms with Crippen molar-refractivity contribution < 1.29 is 5.11 Å². The van der Waals surface area contributed by atoms with Crippen LogP contribution in [0.15, 0.2) is 18.6 Å². The van der Waals surface area contributed by atoms with Crippen LogP contribution in [-0.4, -0.2) is 26.0 Å². The van der Waals surface area contributed by atoms with Crippen molar-refractivity contribution in [3.05, 3.63) is 30.0 Å². The molecule has 0 aliphatic carbocycles. The summed E-state index contributed by atoms with van der Waals surface area (Å²) in [6, 6.07) is 0. The van der Waals surface area contributed by atoms with E-state index < -0.39 is 6.10 Å². The largest absolute Gasteiger partial charge is 0.385 e. The number of hydrogen-bond donors (Lipinski definition) is 2. The van der Waals surface area contributed by atoms with E-state index in [0.717, 1.165) is 5.69 Å². The fraction of sp³-hybridized carbons (Fsp3) is 0.333. The van der Waals surface area contributed by atoms with E-state index in [-0.39, 0.29) is 6.54 Å². The van der Waals surface area contributed by atoms with E-state index in [4.69, 9.17) is 5.73 Å². The summed E-state index contributed by atoms with van der Waals surface area (Å²) < 4.78 is 1.83. The molecular formula is C9H12N4O. The Morgan fingerprint density at radius 3 is 3.14 bits per heavy atom. The van der Waals surface area contributed by atoms with Crippen LogP contribution in [0, 0.1) is 6.92 Å². The van der Waals surface area contributed by atoms with E-state index >= 15 is 0 Å². The zero-order valence-electron chi connectivity index (χ0n) is 7.88. The molecule has 2 heterocycles. The van der Waals surface area contributed by atoms with E-state index in [1.807, 2.05) is 17.5 Å². The molecule has 1 unspecified atom stereocenters. The molecule has 2 rings (SSSR count). The highest BCUT2D eigenvalue weighted by Crippen LogP contribution is 2.14. The molecule has 0 aliphatic rings. The van der Waals surface area contributed by atoms with Gasteiger partial charge in [-0.1, -0.05) is 0 Å². The summed E-state index contributed by atoms with van der Waals surface area (Å²) in [4.78, 5) is 8.34. The average molecular weight is 192 g/mol. The quantitative estimate of drug-likeness (QED) is 0.703. The van der Waals surface area contributed by atoms with Gasteiger partial charge in [-0.15, -0.1) is 0 Å².